The third kappa shape index (κ3) is 4.90. The van der Waals surface area contributed by atoms with Crippen molar-refractivity contribution in [1.29, 1.82) is 0 Å². The molecule has 33 heavy (non-hydrogen) atoms. The molecule has 168 valence electrons. The van der Waals surface area contributed by atoms with Crippen molar-refractivity contribution in [3.05, 3.63) is 88.8 Å². The predicted octanol–water partition coefficient (Wildman–Crippen LogP) is 5.07. The van der Waals surface area contributed by atoms with E-state index in [-0.39, 0.29) is 5.69 Å². The third-order valence-corrected chi connectivity index (χ3v) is 5.01. The monoisotopic (exact) mass is 445 g/mol. The predicted molar refractivity (Wildman–Crippen MR) is 128 cm³/mol. The molecule has 0 saturated carbocycles. The lowest BCUT2D eigenvalue weighted by Crippen LogP contribution is -2.24. The van der Waals surface area contributed by atoms with Gasteiger partial charge in [-0.2, -0.15) is 0 Å². The zero-order valence-electron chi connectivity index (χ0n) is 18.2. The maximum atomic E-state index is 12.8. The normalized spacial score (nSPS) is 10.5. The van der Waals surface area contributed by atoms with Crippen molar-refractivity contribution in [2.24, 2.45) is 0 Å². The maximum absolute atomic E-state index is 12.8. The first-order valence-electron chi connectivity index (χ1n) is 10.2. The minimum Gasteiger partial charge on any atom is -0.493 e. The van der Waals surface area contributed by atoms with E-state index < -0.39 is 11.7 Å². The van der Waals surface area contributed by atoms with Crippen LogP contribution in [0.5, 0.6) is 11.5 Å². The van der Waals surface area contributed by atoms with Crippen LogP contribution in [-0.4, -0.2) is 20.3 Å². The summed E-state index contributed by atoms with van der Waals surface area (Å²) in [5.74, 6) is 0.997. The second-order valence-electron chi connectivity index (χ2n) is 7.12. The summed E-state index contributed by atoms with van der Waals surface area (Å²) >= 11 is 0. The van der Waals surface area contributed by atoms with Crippen LogP contribution in [0.2, 0.25) is 0 Å². The molecule has 1 aromatic heterocycles. The fourth-order valence-electron chi connectivity index (χ4n) is 3.42. The lowest BCUT2D eigenvalue weighted by Gasteiger charge is -2.15. The Balaban J connectivity index is 1.63. The average molecular weight is 445 g/mol. The third-order valence-electron chi connectivity index (χ3n) is 5.01. The van der Waals surface area contributed by atoms with Crippen LogP contribution in [0.15, 0.2) is 82.0 Å². The minimum atomic E-state index is -0.660. The van der Waals surface area contributed by atoms with Gasteiger partial charge in [-0.05, 0) is 29.8 Å². The molecule has 0 spiro atoms. The highest BCUT2D eigenvalue weighted by atomic mass is 16.5. The number of ether oxygens (including phenoxy) is 2. The van der Waals surface area contributed by atoms with Gasteiger partial charge in [0.05, 0.1) is 19.9 Å². The van der Waals surface area contributed by atoms with Crippen molar-refractivity contribution in [3.8, 4) is 11.5 Å². The quantitative estimate of drug-likeness (QED) is 0.344. The van der Waals surface area contributed by atoms with Crippen molar-refractivity contribution in [2.75, 3.05) is 30.2 Å². The molecule has 8 heteroatoms. The van der Waals surface area contributed by atoms with Crippen molar-refractivity contribution in [3.63, 3.8) is 0 Å². The van der Waals surface area contributed by atoms with E-state index in [1.165, 1.54) is 14.2 Å². The number of hydrogen-bond donors (Lipinski definition) is 3. The largest absolute Gasteiger partial charge is 0.493 e. The zero-order valence-corrected chi connectivity index (χ0v) is 18.2. The Kier molecular flexibility index (Phi) is 6.45. The van der Waals surface area contributed by atoms with E-state index in [0.717, 1.165) is 5.56 Å². The number of fused-ring (bicyclic) bond motifs is 1. The van der Waals surface area contributed by atoms with Gasteiger partial charge < -0.3 is 24.5 Å². The molecule has 3 N–H and O–H groups in total. The number of benzene rings is 3. The van der Waals surface area contributed by atoms with Crippen molar-refractivity contribution < 1.29 is 18.7 Å². The summed E-state index contributed by atoms with van der Waals surface area (Å²) in [6, 6.07) is 21.2. The first-order chi connectivity index (χ1) is 16.1. The van der Waals surface area contributed by atoms with Gasteiger partial charge in [0.25, 0.3) is 0 Å². The second-order valence-corrected chi connectivity index (χ2v) is 7.12. The van der Waals surface area contributed by atoms with Gasteiger partial charge in [0.1, 0.15) is 5.58 Å². The molecule has 2 amide bonds. The molecule has 0 fully saturated rings. The van der Waals surface area contributed by atoms with E-state index in [1.807, 2.05) is 42.5 Å². The Labute approximate surface area is 190 Å². The molecule has 0 aliphatic carbocycles. The molecule has 8 nitrogen and oxygen atoms in total. The molecule has 0 atom stereocenters. The van der Waals surface area contributed by atoms with Gasteiger partial charge in [-0.25, -0.2) is 9.59 Å². The molecule has 0 aliphatic rings. The standard InChI is InChI=1S/C25H23N3O5/c1-31-20-13-12-17(14-21(20)32-2)27-25(30)28-23-22(26-15-16-8-4-3-5-9-16)18-10-6-7-11-19(18)33-24(23)29/h3-14,26H,15H2,1-2H3,(H2,27,28,30). The summed E-state index contributed by atoms with van der Waals surface area (Å²) in [6.07, 6.45) is 0. The van der Waals surface area contributed by atoms with Gasteiger partial charge >= 0.3 is 11.7 Å². The lowest BCUT2D eigenvalue weighted by atomic mass is 10.1. The first kappa shape index (κ1) is 21.8. The Bertz CT molecular complexity index is 1340. The van der Waals surface area contributed by atoms with Crippen molar-refractivity contribution >= 4 is 34.1 Å². The van der Waals surface area contributed by atoms with E-state index in [4.69, 9.17) is 13.9 Å². The Morgan fingerprint density at radius 3 is 2.33 bits per heavy atom. The smallest absolute Gasteiger partial charge is 0.362 e. The summed E-state index contributed by atoms with van der Waals surface area (Å²) in [4.78, 5) is 25.5. The van der Waals surface area contributed by atoms with Gasteiger partial charge in [-0.3, -0.25) is 5.32 Å². The highest BCUT2D eigenvalue weighted by Crippen LogP contribution is 2.31. The molecule has 3 aromatic carbocycles. The van der Waals surface area contributed by atoms with Crippen LogP contribution < -0.4 is 31.0 Å². The van der Waals surface area contributed by atoms with E-state index >= 15 is 0 Å². The number of nitrogens with one attached hydrogen (secondary N) is 3. The van der Waals surface area contributed by atoms with E-state index in [9.17, 15) is 9.59 Å². The van der Waals surface area contributed by atoms with Crippen LogP contribution in [0.1, 0.15) is 5.56 Å². The van der Waals surface area contributed by atoms with Crippen LogP contribution in [0.3, 0.4) is 0 Å². The molecule has 4 aromatic rings. The fraction of sp³-hybridized carbons (Fsp3) is 0.120. The van der Waals surface area contributed by atoms with Crippen LogP contribution in [0, 0.1) is 0 Å². The fourth-order valence-corrected chi connectivity index (χ4v) is 3.42. The maximum Gasteiger partial charge on any atom is 0.362 e. The van der Waals surface area contributed by atoms with Gasteiger partial charge in [-0.15, -0.1) is 0 Å². The number of carbonyl (C=O) groups excluding carboxylic acids is 1. The number of para-hydroxylation sites is 1. The van der Waals surface area contributed by atoms with Gasteiger partial charge in [-0.1, -0.05) is 42.5 Å². The molecule has 0 aliphatic heterocycles. The van der Waals surface area contributed by atoms with E-state index in [0.29, 0.717) is 40.4 Å². The number of urea groups is 1. The number of anilines is 3. The summed E-state index contributed by atoms with van der Waals surface area (Å²) in [5.41, 5.74) is 1.75. The van der Waals surface area contributed by atoms with Crippen molar-refractivity contribution in [1.82, 2.24) is 0 Å². The highest BCUT2D eigenvalue weighted by Gasteiger charge is 2.17. The summed E-state index contributed by atoms with van der Waals surface area (Å²) in [5, 5.41) is 9.28. The highest BCUT2D eigenvalue weighted by molar-refractivity contribution is 6.05. The molecule has 0 unspecified atom stereocenters. The van der Waals surface area contributed by atoms with Crippen LogP contribution in [-0.2, 0) is 6.54 Å². The average Bonchev–Trinajstić information content (AvgIpc) is 2.84. The second kappa shape index (κ2) is 9.78. The van der Waals surface area contributed by atoms with Crippen molar-refractivity contribution in [2.45, 2.75) is 6.54 Å². The Morgan fingerprint density at radius 2 is 1.58 bits per heavy atom. The number of amides is 2. The first-order valence-corrected chi connectivity index (χ1v) is 10.2. The van der Waals surface area contributed by atoms with Crippen LogP contribution in [0.4, 0.5) is 21.9 Å². The number of rotatable bonds is 7. The van der Waals surface area contributed by atoms with Gasteiger partial charge in [0.2, 0.25) is 0 Å². The topological polar surface area (TPSA) is 102 Å². The SMILES string of the molecule is COc1ccc(NC(=O)Nc2c(NCc3ccccc3)c3ccccc3oc2=O)cc1OC. The molecule has 0 radical (unpaired) electrons. The number of hydrogen-bond acceptors (Lipinski definition) is 6. The Morgan fingerprint density at radius 1 is 0.848 bits per heavy atom. The molecular formula is C25H23N3O5. The van der Waals surface area contributed by atoms with Gasteiger partial charge in [0, 0.05) is 23.7 Å². The van der Waals surface area contributed by atoms with Crippen LogP contribution in [0.25, 0.3) is 11.0 Å². The minimum absolute atomic E-state index is 0.0163. The molecule has 0 bridgehead atoms. The summed E-state index contributed by atoms with van der Waals surface area (Å²) in [7, 11) is 3.04. The number of carbonyl (C=O) groups is 1. The lowest BCUT2D eigenvalue weighted by molar-refractivity contribution is 0.262. The number of methoxy groups -OCH3 is 2. The zero-order chi connectivity index (χ0) is 23.2. The van der Waals surface area contributed by atoms with E-state index in [1.54, 1.807) is 30.3 Å². The van der Waals surface area contributed by atoms with E-state index in [2.05, 4.69) is 16.0 Å². The Hall–Kier alpha value is -4.46. The molecule has 4 rings (SSSR count). The molecule has 0 saturated heterocycles. The summed E-state index contributed by atoms with van der Waals surface area (Å²) < 4.78 is 15.9. The molecule has 1 heterocycles. The van der Waals surface area contributed by atoms with Crippen LogP contribution >= 0.6 is 0 Å². The van der Waals surface area contributed by atoms with Gasteiger partial charge in [0.15, 0.2) is 17.2 Å². The molecular weight excluding hydrogens is 422 g/mol. The summed E-state index contributed by atoms with van der Waals surface area (Å²) in [6.45, 7) is 0.459.